The number of aromatic amines is 1. The SMILES string of the molecule is O=C(Nc1cn[nH]c1C(F)F)c1coc(-c2ccnc(N3CCOCC3)c2)n1. The van der Waals surface area contributed by atoms with Crippen LogP contribution in [0.15, 0.2) is 35.2 Å². The second-order valence-corrected chi connectivity index (χ2v) is 5.99. The van der Waals surface area contributed by atoms with Crippen LogP contribution in [0, 0.1) is 0 Å². The third kappa shape index (κ3) is 3.69. The zero-order valence-electron chi connectivity index (χ0n) is 14.6. The molecule has 1 fully saturated rings. The number of pyridine rings is 1. The molecule has 0 aliphatic carbocycles. The minimum Gasteiger partial charge on any atom is -0.444 e. The van der Waals surface area contributed by atoms with Crippen LogP contribution in [-0.4, -0.2) is 52.4 Å². The van der Waals surface area contributed by atoms with Crippen LogP contribution in [0.3, 0.4) is 0 Å². The van der Waals surface area contributed by atoms with E-state index in [4.69, 9.17) is 9.15 Å². The molecule has 0 unspecified atom stereocenters. The fourth-order valence-electron chi connectivity index (χ4n) is 2.78. The van der Waals surface area contributed by atoms with Crippen LogP contribution in [0.2, 0.25) is 0 Å². The Balaban J connectivity index is 1.51. The number of amides is 1. The molecule has 0 atom stereocenters. The number of ether oxygens (including phenoxy) is 1. The van der Waals surface area contributed by atoms with Crippen molar-refractivity contribution in [3.05, 3.63) is 42.2 Å². The van der Waals surface area contributed by atoms with Gasteiger partial charge in [-0.05, 0) is 12.1 Å². The van der Waals surface area contributed by atoms with Crippen molar-refractivity contribution in [1.82, 2.24) is 20.2 Å². The number of morpholine rings is 1. The van der Waals surface area contributed by atoms with Gasteiger partial charge in [-0.15, -0.1) is 0 Å². The molecule has 1 amide bonds. The molecule has 28 heavy (non-hydrogen) atoms. The summed E-state index contributed by atoms with van der Waals surface area (Å²) in [6, 6.07) is 3.52. The minimum atomic E-state index is -2.79. The predicted molar refractivity (Wildman–Crippen MR) is 94.3 cm³/mol. The number of nitrogens with zero attached hydrogens (tertiary/aromatic N) is 4. The number of hydrogen-bond acceptors (Lipinski definition) is 7. The maximum atomic E-state index is 12.9. The van der Waals surface area contributed by atoms with Crippen molar-refractivity contribution in [1.29, 1.82) is 0 Å². The molecular formula is C17H16F2N6O3. The Morgan fingerprint density at radius 1 is 1.32 bits per heavy atom. The van der Waals surface area contributed by atoms with Crippen molar-refractivity contribution in [3.63, 3.8) is 0 Å². The van der Waals surface area contributed by atoms with Crippen molar-refractivity contribution < 1.29 is 22.7 Å². The van der Waals surface area contributed by atoms with Gasteiger partial charge in [-0.1, -0.05) is 0 Å². The van der Waals surface area contributed by atoms with Crippen LogP contribution in [0.5, 0.6) is 0 Å². The van der Waals surface area contributed by atoms with Crippen LogP contribution in [-0.2, 0) is 4.74 Å². The predicted octanol–water partition coefficient (Wildman–Crippen LogP) is 2.49. The maximum Gasteiger partial charge on any atom is 0.281 e. The number of anilines is 2. The first kappa shape index (κ1) is 18.0. The monoisotopic (exact) mass is 390 g/mol. The van der Waals surface area contributed by atoms with Gasteiger partial charge in [0.25, 0.3) is 12.3 Å². The summed E-state index contributed by atoms with van der Waals surface area (Å²) < 4.78 is 36.4. The summed E-state index contributed by atoms with van der Waals surface area (Å²) in [5.74, 6) is 0.300. The van der Waals surface area contributed by atoms with Crippen LogP contribution in [0.25, 0.3) is 11.5 Å². The van der Waals surface area contributed by atoms with Crippen molar-refractivity contribution in [2.45, 2.75) is 6.43 Å². The highest BCUT2D eigenvalue weighted by molar-refractivity contribution is 6.03. The van der Waals surface area contributed by atoms with Gasteiger partial charge in [0.2, 0.25) is 5.89 Å². The number of nitrogens with one attached hydrogen (secondary N) is 2. The first-order valence-corrected chi connectivity index (χ1v) is 8.49. The highest BCUT2D eigenvalue weighted by Gasteiger charge is 2.20. The first-order chi connectivity index (χ1) is 13.6. The van der Waals surface area contributed by atoms with E-state index >= 15 is 0 Å². The molecule has 2 N–H and O–H groups in total. The molecule has 3 aromatic heterocycles. The lowest BCUT2D eigenvalue weighted by atomic mass is 10.2. The van der Waals surface area contributed by atoms with Gasteiger partial charge in [-0.2, -0.15) is 5.10 Å². The number of rotatable bonds is 5. The van der Waals surface area contributed by atoms with Crippen molar-refractivity contribution in [2.24, 2.45) is 0 Å². The highest BCUT2D eigenvalue weighted by atomic mass is 19.3. The summed E-state index contributed by atoms with van der Waals surface area (Å²) in [6.45, 7) is 2.72. The smallest absolute Gasteiger partial charge is 0.281 e. The summed E-state index contributed by atoms with van der Waals surface area (Å²) in [6.07, 6.45) is 1.12. The Labute approximate surface area is 157 Å². The van der Waals surface area contributed by atoms with Crippen LogP contribution < -0.4 is 10.2 Å². The van der Waals surface area contributed by atoms with E-state index in [2.05, 4.69) is 30.4 Å². The lowest BCUT2D eigenvalue weighted by Crippen LogP contribution is -2.36. The number of carbonyl (C=O) groups is 1. The molecule has 4 heterocycles. The lowest BCUT2D eigenvalue weighted by Gasteiger charge is -2.27. The summed E-state index contributed by atoms with van der Waals surface area (Å²) >= 11 is 0. The second-order valence-electron chi connectivity index (χ2n) is 5.99. The Morgan fingerprint density at radius 2 is 2.14 bits per heavy atom. The molecule has 9 nitrogen and oxygen atoms in total. The van der Waals surface area contributed by atoms with Gasteiger partial charge in [-0.25, -0.2) is 18.7 Å². The van der Waals surface area contributed by atoms with Crippen LogP contribution in [0.4, 0.5) is 20.3 Å². The maximum absolute atomic E-state index is 12.9. The van der Waals surface area contributed by atoms with Gasteiger partial charge >= 0.3 is 0 Å². The fourth-order valence-corrected chi connectivity index (χ4v) is 2.78. The van der Waals surface area contributed by atoms with Gasteiger partial charge in [-0.3, -0.25) is 9.89 Å². The molecule has 3 aromatic rings. The number of carbonyl (C=O) groups excluding carboxylic acids is 1. The lowest BCUT2D eigenvalue weighted by molar-refractivity contribution is 0.102. The van der Waals surface area contributed by atoms with Crippen molar-refractivity contribution >= 4 is 17.4 Å². The molecule has 146 valence electrons. The number of oxazole rings is 1. The largest absolute Gasteiger partial charge is 0.444 e. The first-order valence-electron chi connectivity index (χ1n) is 8.49. The van der Waals surface area contributed by atoms with Crippen LogP contribution in [0.1, 0.15) is 22.6 Å². The molecule has 0 spiro atoms. The molecule has 0 saturated carbocycles. The number of aromatic nitrogens is 4. The molecule has 1 aliphatic rings. The topological polar surface area (TPSA) is 109 Å². The molecule has 0 bridgehead atoms. The Kier molecular flexibility index (Phi) is 4.98. The third-order valence-corrected chi connectivity index (χ3v) is 4.20. The van der Waals surface area contributed by atoms with Gasteiger partial charge in [0.1, 0.15) is 17.8 Å². The molecular weight excluding hydrogens is 374 g/mol. The number of H-pyrrole nitrogens is 1. The average molecular weight is 390 g/mol. The summed E-state index contributed by atoms with van der Waals surface area (Å²) in [5, 5.41) is 8.01. The number of halogens is 2. The van der Waals surface area contributed by atoms with E-state index in [-0.39, 0.29) is 17.3 Å². The molecule has 11 heteroatoms. The summed E-state index contributed by atoms with van der Waals surface area (Å²) in [7, 11) is 0. The van der Waals surface area contributed by atoms with Gasteiger partial charge in [0, 0.05) is 24.8 Å². The zero-order chi connectivity index (χ0) is 19.5. The Hall–Kier alpha value is -3.34. The second kappa shape index (κ2) is 7.72. The molecule has 1 saturated heterocycles. The fraction of sp³-hybridized carbons (Fsp3) is 0.294. The minimum absolute atomic E-state index is 0.0406. The zero-order valence-corrected chi connectivity index (χ0v) is 14.6. The summed E-state index contributed by atoms with van der Waals surface area (Å²) in [5.41, 5.74) is 0.0256. The van der Waals surface area contributed by atoms with Crippen molar-refractivity contribution in [2.75, 3.05) is 36.5 Å². The van der Waals surface area contributed by atoms with E-state index < -0.39 is 18.0 Å². The van der Waals surface area contributed by atoms with Crippen LogP contribution >= 0.6 is 0 Å². The molecule has 1 aliphatic heterocycles. The average Bonchev–Trinajstić information content (AvgIpc) is 3.38. The normalized spacial score (nSPS) is 14.5. The molecule has 0 aromatic carbocycles. The quantitative estimate of drug-likeness (QED) is 0.689. The van der Waals surface area contributed by atoms with Gasteiger partial charge in [0.05, 0.1) is 25.1 Å². The van der Waals surface area contributed by atoms with E-state index in [9.17, 15) is 13.6 Å². The number of hydrogen-bond donors (Lipinski definition) is 2. The Bertz CT molecular complexity index is 967. The number of alkyl halides is 2. The molecule has 4 rings (SSSR count). The standard InChI is InChI=1S/C17H16F2N6O3/c18-15(19)14-11(8-21-24-14)22-16(26)12-9-28-17(23-12)10-1-2-20-13(7-10)25-3-5-27-6-4-25/h1-2,7-9,15H,3-6H2,(H,21,24)(H,22,26). The highest BCUT2D eigenvalue weighted by Crippen LogP contribution is 2.26. The van der Waals surface area contributed by atoms with E-state index in [0.717, 1.165) is 25.1 Å². The third-order valence-electron chi connectivity index (χ3n) is 4.20. The van der Waals surface area contributed by atoms with Gasteiger partial charge in [0.15, 0.2) is 5.69 Å². The summed E-state index contributed by atoms with van der Waals surface area (Å²) in [4.78, 5) is 22.9. The van der Waals surface area contributed by atoms with Gasteiger partial charge < -0.3 is 19.4 Å². The van der Waals surface area contributed by atoms with E-state index in [0.29, 0.717) is 18.8 Å². The van der Waals surface area contributed by atoms with E-state index in [1.807, 2.05) is 6.07 Å². The molecule has 0 radical (unpaired) electrons. The van der Waals surface area contributed by atoms with E-state index in [1.54, 1.807) is 12.3 Å². The van der Waals surface area contributed by atoms with E-state index in [1.165, 1.54) is 6.26 Å². The van der Waals surface area contributed by atoms with Crippen molar-refractivity contribution in [3.8, 4) is 11.5 Å². The Morgan fingerprint density at radius 3 is 2.93 bits per heavy atom.